The molecule has 0 saturated carbocycles. The van der Waals surface area contributed by atoms with Gasteiger partial charge in [0.2, 0.25) is 0 Å². The zero-order chi connectivity index (χ0) is 16.0. The van der Waals surface area contributed by atoms with Crippen LogP contribution in [-0.2, 0) is 9.47 Å². The van der Waals surface area contributed by atoms with Crippen LogP contribution in [0, 0.1) is 0 Å². The Morgan fingerprint density at radius 3 is 2.20 bits per heavy atom. The van der Waals surface area contributed by atoms with E-state index in [-0.39, 0.29) is 5.17 Å². The predicted molar refractivity (Wildman–Crippen MR) is 67.7 cm³/mol. The maximum absolute atomic E-state index is 11.8. The van der Waals surface area contributed by atoms with Crippen LogP contribution in [0.4, 0.5) is 22.8 Å². The third kappa shape index (κ3) is 10.5. The van der Waals surface area contributed by atoms with Gasteiger partial charge >= 0.3 is 18.4 Å². The number of carbonyl (C=O) groups excluding carboxylic acids is 2. The van der Waals surface area contributed by atoms with Crippen molar-refractivity contribution in [2.45, 2.75) is 32.5 Å². The fraction of sp³-hybridized carbons (Fsp3) is 0.700. The van der Waals surface area contributed by atoms with Crippen molar-refractivity contribution in [3.05, 3.63) is 0 Å². The number of thioether (sulfide) groups is 1. The molecule has 0 atom stereocenters. The summed E-state index contributed by atoms with van der Waals surface area (Å²) in [5, 5.41) is 1.89. The van der Waals surface area contributed by atoms with Gasteiger partial charge in [-0.2, -0.15) is 18.2 Å². The Morgan fingerprint density at radius 2 is 1.80 bits per heavy atom. The Morgan fingerprint density at radius 1 is 1.25 bits per heavy atom. The van der Waals surface area contributed by atoms with Gasteiger partial charge in [-0.25, -0.2) is 9.59 Å². The molecule has 6 nitrogen and oxygen atoms in total. The number of hydrogen-bond donors (Lipinski definition) is 1. The molecule has 0 saturated heterocycles. The Hall–Kier alpha value is -1.45. The maximum atomic E-state index is 11.8. The molecule has 0 spiro atoms. The normalized spacial score (nSPS) is 12.8. The first-order chi connectivity index (χ1) is 8.93. The van der Waals surface area contributed by atoms with Crippen molar-refractivity contribution in [2.75, 3.05) is 12.9 Å². The van der Waals surface area contributed by atoms with Crippen LogP contribution in [0.5, 0.6) is 0 Å². The number of rotatable bonds is 1. The number of alkyl carbamates (subject to hydrolysis) is 1. The molecule has 20 heavy (non-hydrogen) atoms. The molecule has 0 fully saturated rings. The van der Waals surface area contributed by atoms with Crippen LogP contribution in [-0.4, -0.2) is 42.0 Å². The molecular formula is C10H15F3N2O4S. The maximum Gasteiger partial charge on any atom is 0.436 e. The van der Waals surface area contributed by atoms with Crippen molar-refractivity contribution in [3.8, 4) is 0 Å². The SMILES string of the molecule is CSC(=NC(=O)OCC(F)(F)F)NC(=O)OC(C)(C)C. The largest absolute Gasteiger partial charge is 0.444 e. The summed E-state index contributed by atoms with van der Waals surface area (Å²) in [6.45, 7) is 3.13. The minimum Gasteiger partial charge on any atom is -0.444 e. The smallest absolute Gasteiger partial charge is 0.436 e. The van der Waals surface area contributed by atoms with E-state index in [4.69, 9.17) is 4.74 Å². The Labute approximate surface area is 118 Å². The molecule has 0 aliphatic rings. The number of nitrogens with one attached hydrogen (secondary N) is 1. The zero-order valence-electron chi connectivity index (χ0n) is 11.3. The van der Waals surface area contributed by atoms with Crippen LogP contribution in [0.2, 0.25) is 0 Å². The molecule has 0 aromatic heterocycles. The van der Waals surface area contributed by atoms with E-state index in [0.717, 1.165) is 11.8 Å². The lowest BCUT2D eigenvalue weighted by Gasteiger charge is -2.19. The minimum atomic E-state index is -4.64. The van der Waals surface area contributed by atoms with Crippen LogP contribution in [0.1, 0.15) is 20.8 Å². The van der Waals surface area contributed by atoms with Gasteiger partial charge in [-0.3, -0.25) is 5.32 Å². The number of ether oxygens (including phenoxy) is 2. The van der Waals surface area contributed by atoms with E-state index in [1.54, 1.807) is 20.8 Å². The van der Waals surface area contributed by atoms with Gasteiger partial charge in [0.25, 0.3) is 0 Å². The van der Waals surface area contributed by atoms with Crippen LogP contribution in [0.3, 0.4) is 0 Å². The standard InChI is InChI=1S/C10H15F3N2O4S/c1-9(2,3)19-8(17)15-6(20-4)14-7(16)18-5-10(11,12)13/h5H2,1-4H3,(H,14,15,16,17). The van der Waals surface area contributed by atoms with Crippen molar-refractivity contribution in [2.24, 2.45) is 4.99 Å². The summed E-state index contributed by atoms with van der Waals surface area (Å²) in [5.41, 5.74) is -0.760. The molecule has 0 aromatic carbocycles. The highest BCUT2D eigenvalue weighted by atomic mass is 32.2. The highest BCUT2D eigenvalue weighted by Crippen LogP contribution is 2.15. The first kappa shape index (κ1) is 18.6. The topological polar surface area (TPSA) is 77.0 Å². The van der Waals surface area contributed by atoms with Gasteiger partial charge in [0.05, 0.1) is 0 Å². The summed E-state index contributed by atoms with van der Waals surface area (Å²) in [4.78, 5) is 25.6. The fourth-order valence-corrected chi connectivity index (χ4v) is 1.13. The summed E-state index contributed by atoms with van der Waals surface area (Å²) in [5.74, 6) is 0. The van der Waals surface area contributed by atoms with Crippen LogP contribution in [0.15, 0.2) is 4.99 Å². The van der Waals surface area contributed by atoms with E-state index in [1.165, 1.54) is 6.26 Å². The first-order valence-electron chi connectivity index (χ1n) is 5.29. The molecule has 0 aromatic rings. The summed E-state index contributed by atoms with van der Waals surface area (Å²) < 4.78 is 44.2. The summed E-state index contributed by atoms with van der Waals surface area (Å²) in [6, 6.07) is 0. The molecule has 10 heteroatoms. The average Bonchev–Trinajstić information content (AvgIpc) is 2.21. The summed E-state index contributed by atoms with van der Waals surface area (Å²) >= 11 is 0.842. The molecule has 0 bridgehead atoms. The van der Waals surface area contributed by atoms with E-state index in [0.29, 0.717) is 0 Å². The summed E-state index contributed by atoms with van der Waals surface area (Å²) in [6.07, 6.45) is -5.51. The Kier molecular flexibility index (Phi) is 6.83. The molecule has 0 aliphatic heterocycles. The minimum absolute atomic E-state index is 0.230. The van der Waals surface area contributed by atoms with Crippen molar-refractivity contribution in [1.29, 1.82) is 0 Å². The lowest BCUT2D eigenvalue weighted by Crippen LogP contribution is -2.35. The number of nitrogens with zero attached hydrogens (tertiary/aromatic N) is 1. The average molecular weight is 316 g/mol. The fourth-order valence-electron chi connectivity index (χ4n) is 0.774. The quantitative estimate of drug-likeness (QED) is 0.594. The van der Waals surface area contributed by atoms with Crippen molar-refractivity contribution in [1.82, 2.24) is 5.32 Å². The van der Waals surface area contributed by atoms with Crippen molar-refractivity contribution < 1.29 is 32.2 Å². The van der Waals surface area contributed by atoms with Crippen LogP contribution < -0.4 is 5.32 Å². The lowest BCUT2D eigenvalue weighted by molar-refractivity contribution is -0.159. The third-order valence-corrected chi connectivity index (χ3v) is 1.93. The van der Waals surface area contributed by atoms with Gasteiger partial charge in [-0.05, 0) is 27.0 Å². The molecule has 0 aliphatic carbocycles. The number of amides is 2. The van der Waals surface area contributed by atoms with Crippen molar-refractivity contribution in [3.63, 3.8) is 0 Å². The highest BCUT2D eigenvalue weighted by molar-refractivity contribution is 8.13. The molecule has 0 radical (unpaired) electrons. The summed E-state index contributed by atoms with van der Waals surface area (Å²) in [7, 11) is 0. The number of alkyl halides is 3. The van der Waals surface area contributed by atoms with E-state index >= 15 is 0 Å². The van der Waals surface area contributed by atoms with Crippen LogP contribution in [0.25, 0.3) is 0 Å². The number of amidine groups is 1. The van der Waals surface area contributed by atoms with Gasteiger partial charge in [-0.1, -0.05) is 11.8 Å². The second-order valence-electron chi connectivity index (χ2n) is 4.42. The lowest BCUT2D eigenvalue weighted by atomic mass is 10.2. The molecule has 0 heterocycles. The second kappa shape index (κ2) is 7.36. The predicted octanol–water partition coefficient (Wildman–Crippen LogP) is 2.93. The monoisotopic (exact) mass is 316 g/mol. The molecular weight excluding hydrogens is 301 g/mol. The molecule has 0 rings (SSSR count). The van der Waals surface area contributed by atoms with E-state index in [2.05, 4.69) is 15.0 Å². The molecule has 0 unspecified atom stereocenters. The Balaban J connectivity index is 4.48. The first-order valence-corrected chi connectivity index (χ1v) is 6.51. The number of halogens is 3. The molecule has 1 N–H and O–H groups in total. The van der Waals surface area contributed by atoms with E-state index in [9.17, 15) is 22.8 Å². The zero-order valence-corrected chi connectivity index (χ0v) is 12.1. The van der Waals surface area contributed by atoms with E-state index < -0.39 is 30.6 Å². The van der Waals surface area contributed by atoms with Gasteiger partial charge in [0, 0.05) is 0 Å². The number of aliphatic imine (C=N–C) groups is 1. The number of carbonyl (C=O) groups is 2. The number of hydrogen-bond acceptors (Lipinski definition) is 5. The second-order valence-corrected chi connectivity index (χ2v) is 5.21. The molecule has 2 amide bonds. The van der Waals surface area contributed by atoms with Gasteiger partial charge in [-0.15, -0.1) is 0 Å². The van der Waals surface area contributed by atoms with Gasteiger partial charge in [0.15, 0.2) is 11.8 Å². The van der Waals surface area contributed by atoms with Gasteiger partial charge in [0.1, 0.15) is 5.60 Å². The third-order valence-electron chi connectivity index (χ3n) is 1.35. The Bertz CT molecular complexity index is 391. The van der Waals surface area contributed by atoms with Crippen molar-refractivity contribution >= 4 is 29.1 Å². The van der Waals surface area contributed by atoms with Gasteiger partial charge < -0.3 is 9.47 Å². The van der Waals surface area contributed by atoms with E-state index in [1.807, 2.05) is 0 Å². The molecule has 116 valence electrons. The van der Waals surface area contributed by atoms with Crippen LogP contribution >= 0.6 is 11.8 Å². The highest BCUT2D eigenvalue weighted by Gasteiger charge is 2.29.